The molecule has 0 radical (unpaired) electrons. The third-order valence-corrected chi connectivity index (χ3v) is 2.88. The van der Waals surface area contributed by atoms with Crippen LogP contribution in [-0.2, 0) is 6.54 Å². The molecule has 0 atom stereocenters. The van der Waals surface area contributed by atoms with Crippen molar-refractivity contribution in [3.05, 3.63) is 41.2 Å². The summed E-state index contributed by atoms with van der Waals surface area (Å²) in [7, 11) is 0. The first-order chi connectivity index (χ1) is 8.68. The van der Waals surface area contributed by atoms with Crippen LogP contribution < -0.4 is 5.32 Å². The van der Waals surface area contributed by atoms with Crippen LogP contribution in [0.4, 0.5) is 0 Å². The van der Waals surface area contributed by atoms with Gasteiger partial charge in [0.05, 0.1) is 22.6 Å². The van der Waals surface area contributed by atoms with Gasteiger partial charge >= 0.3 is 0 Å². The van der Waals surface area contributed by atoms with E-state index in [4.69, 9.17) is 11.6 Å². The normalized spacial score (nSPS) is 11.1. The second-order valence-corrected chi connectivity index (χ2v) is 5.02. The molecule has 0 fully saturated rings. The molecule has 0 saturated carbocycles. The predicted octanol–water partition coefficient (Wildman–Crippen LogP) is 2.67. The molecule has 0 saturated heterocycles. The van der Waals surface area contributed by atoms with Crippen molar-refractivity contribution in [2.75, 3.05) is 6.54 Å². The van der Waals surface area contributed by atoms with Crippen molar-refractivity contribution in [2.24, 2.45) is 5.92 Å². The Morgan fingerprint density at radius 2 is 2.11 bits per heavy atom. The summed E-state index contributed by atoms with van der Waals surface area (Å²) in [4.78, 5) is 0. The van der Waals surface area contributed by atoms with Crippen LogP contribution in [0.25, 0.3) is 5.69 Å². The maximum atomic E-state index is 6.16. The number of hydrogen-bond acceptors (Lipinski definition) is 3. The zero-order chi connectivity index (χ0) is 13.0. The van der Waals surface area contributed by atoms with Gasteiger partial charge < -0.3 is 5.32 Å². The molecular weight excluding hydrogens is 248 g/mol. The van der Waals surface area contributed by atoms with Gasteiger partial charge in [0, 0.05) is 6.54 Å². The second-order valence-electron chi connectivity index (χ2n) is 4.61. The predicted molar refractivity (Wildman–Crippen MR) is 72.9 cm³/mol. The third-order valence-electron chi connectivity index (χ3n) is 2.56. The Balaban J connectivity index is 2.15. The van der Waals surface area contributed by atoms with Crippen molar-refractivity contribution in [3.63, 3.8) is 0 Å². The van der Waals surface area contributed by atoms with Gasteiger partial charge in [0.25, 0.3) is 0 Å². The van der Waals surface area contributed by atoms with Crippen molar-refractivity contribution < 1.29 is 0 Å². The fraction of sp³-hybridized carbons (Fsp3) is 0.385. The van der Waals surface area contributed by atoms with Crippen LogP contribution in [-0.4, -0.2) is 21.5 Å². The molecule has 2 aromatic rings. The number of aromatic nitrogens is 3. The van der Waals surface area contributed by atoms with E-state index in [1.807, 2.05) is 24.3 Å². The number of para-hydroxylation sites is 1. The van der Waals surface area contributed by atoms with Crippen molar-refractivity contribution in [1.29, 1.82) is 0 Å². The Kier molecular flexibility index (Phi) is 4.33. The first-order valence-electron chi connectivity index (χ1n) is 6.03. The summed E-state index contributed by atoms with van der Waals surface area (Å²) in [5, 5.41) is 12.1. The lowest BCUT2D eigenvalue weighted by molar-refractivity contribution is 0.542. The van der Waals surface area contributed by atoms with E-state index in [0.717, 1.165) is 24.5 Å². The molecule has 0 aliphatic carbocycles. The summed E-state index contributed by atoms with van der Waals surface area (Å²) < 4.78 is 1.77. The summed E-state index contributed by atoms with van der Waals surface area (Å²) in [6, 6.07) is 7.63. The van der Waals surface area contributed by atoms with Crippen molar-refractivity contribution in [1.82, 2.24) is 20.3 Å². The number of nitrogens with one attached hydrogen (secondary N) is 1. The number of rotatable bonds is 5. The fourth-order valence-corrected chi connectivity index (χ4v) is 1.91. The van der Waals surface area contributed by atoms with Crippen LogP contribution in [0.15, 0.2) is 30.5 Å². The molecule has 1 N–H and O–H groups in total. The summed E-state index contributed by atoms with van der Waals surface area (Å²) in [6.07, 6.45) is 1.76. The molecule has 0 aliphatic heterocycles. The van der Waals surface area contributed by atoms with E-state index in [2.05, 4.69) is 29.5 Å². The molecule has 1 aromatic carbocycles. The zero-order valence-corrected chi connectivity index (χ0v) is 11.4. The largest absolute Gasteiger partial charge is 0.311 e. The Labute approximate surface area is 112 Å². The van der Waals surface area contributed by atoms with Crippen molar-refractivity contribution in [2.45, 2.75) is 20.4 Å². The van der Waals surface area contributed by atoms with Crippen LogP contribution in [0.2, 0.25) is 5.02 Å². The minimum absolute atomic E-state index is 0.620. The van der Waals surface area contributed by atoms with E-state index in [1.54, 1.807) is 10.9 Å². The highest BCUT2D eigenvalue weighted by Gasteiger charge is 2.08. The van der Waals surface area contributed by atoms with E-state index in [-0.39, 0.29) is 0 Å². The minimum Gasteiger partial charge on any atom is -0.311 e. The summed E-state index contributed by atoms with van der Waals surface area (Å²) >= 11 is 6.16. The van der Waals surface area contributed by atoms with Crippen molar-refractivity contribution >= 4 is 11.6 Å². The molecule has 2 rings (SSSR count). The van der Waals surface area contributed by atoms with Gasteiger partial charge in [-0.25, -0.2) is 4.68 Å². The molecule has 1 aromatic heterocycles. The Bertz CT molecular complexity index is 507. The van der Waals surface area contributed by atoms with Gasteiger partial charge in [-0.05, 0) is 24.6 Å². The number of nitrogens with zero attached hydrogens (tertiary/aromatic N) is 3. The van der Waals surface area contributed by atoms with Gasteiger partial charge in [0.2, 0.25) is 0 Å². The third kappa shape index (κ3) is 3.09. The van der Waals surface area contributed by atoms with Crippen LogP contribution in [0.1, 0.15) is 19.5 Å². The molecule has 0 amide bonds. The maximum Gasteiger partial charge on any atom is 0.0853 e. The van der Waals surface area contributed by atoms with Gasteiger partial charge in [-0.3, -0.25) is 0 Å². The van der Waals surface area contributed by atoms with Gasteiger partial charge in [-0.2, -0.15) is 0 Å². The molecule has 0 spiro atoms. The van der Waals surface area contributed by atoms with Crippen LogP contribution in [0, 0.1) is 5.92 Å². The summed E-state index contributed by atoms with van der Waals surface area (Å²) in [5.74, 6) is 0.620. The maximum absolute atomic E-state index is 6.16. The monoisotopic (exact) mass is 264 g/mol. The molecule has 0 bridgehead atoms. The van der Waals surface area contributed by atoms with Crippen LogP contribution in [0.5, 0.6) is 0 Å². The number of benzene rings is 1. The topological polar surface area (TPSA) is 42.7 Å². The Morgan fingerprint density at radius 3 is 2.83 bits per heavy atom. The lowest BCUT2D eigenvalue weighted by atomic mass is 10.2. The average Bonchev–Trinajstić information content (AvgIpc) is 2.77. The Morgan fingerprint density at radius 1 is 1.33 bits per heavy atom. The SMILES string of the molecule is CC(C)CNCc1cnnn1-c1ccccc1Cl. The van der Waals surface area contributed by atoms with E-state index < -0.39 is 0 Å². The molecule has 0 unspecified atom stereocenters. The minimum atomic E-state index is 0.620. The van der Waals surface area contributed by atoms with Crippen LogP contribution in [0.3, 0.4) is 0 Å². The molecule has 4 nitrogen and oxygen atoms in total. The zero-order valence-electron chi connectivity index (χ0n) is 10.6. The number of hydrogen-bond donors (Lipinski definition) is 1. The summed E-state index contributed by atoms with van der Waals surface area (Å²) in [5.41, 5.74) is 1.86. The van der Waals surface area contributed by atoms with E-state index in [9.17, 15) is 0 Å². The molecule has 1 heterocycles. The van der Waals surface area contributed by atoms with Gasteiger partial charge in [0.15, 0.2) is 0 Å². The highest BCUT2D eigenvalue weighted by atomic mass is 35.5. The van der Waals surface area contributed by atoms with Gasteiger partial charge in [0.1, 0.15) is 0 Å². The molecule has 96 valence electrons. The smallest absolute Gasteiger partial charge is 0.0853 e. The molecule has 0 aliphatic rings. The quantitative estimate of drug-likeness (QED) is 0.903. The fourth-order valence-electron chi connectivity index (χ4n) is 1.69. The van der Waals surface area contributed by atoms with Crippen LogP contribution >= 0.6 is 11.6 Å². The molecular formula is C13H17ClN4. The molecule has 5 heteroatoms. The second kappa shape index (κ2) is 5.98. The van der Waals surface area contributed by atoms with Gasteiger partial charge in [-0.1, -0.05) is 42.8 Å². The molecule has 18 heavy (non-hydrogen) atoms. The Hall–Kier alpha value is -1.39. The average molecular weight is 265 g/mol. The summed E-state index contributed by atoms with van der Waals surface area (Å²) in [6.45, 7) is 6.05. The van der Waals surface area contributed by atoms with E-state index in [0.29, 0.717) is 10.9 Å². The van der Waals surface area contributed by atoms with Crippen molar-refractivity contribution in [3.8, 4) is 5.69 Å². The number of halogens is 1. The first-order valence-corrected chi connectivity index (χ1v) is 6.41. The highest BCUT2D eigenvalue weighted by molar-refractivity contribution is 6.32. The van der Waals surface area contributed by atoms with E-state index >= 15 is 0 Å². The van der Waals surface area contributed by atoms with Gasteiger partial charge in [-0.15, -0.1) is 5.10 Å². The lowest BCUT2D eigenvalue weighted by Crippen LogP contribution is -2.20. The first kappa shape index (κ1) is 13.1. The lowest BCUT2D eigenvalue weighted by Gasteiger charge is -2.10. The highest BCUT2D eigenvalue weighted by Crippen LogP contribution is 2.19. The van der Waals surface area contributed by atoms with E-state index in [1.165, 1.54) is 0 Å². The standard InChI is InChI=1S/C13H17ClN4/c1-10(2)7-15-8-11-9-16-17-18(11)13-6-4-3-5-12(13)14/h3-6,9-10,15H,7-8H2,1-2H3.